The molecule has 26 heavy (non-hydrogen) atoms. The van der Waals surface area contributed by atoms with Gasteiger partial charge in [-0.2, -0.15) is 0 Å². The topological polar surface area (TPSA) is 39.2 Å². The van der Waals surface area contributed by atoms with Crippen LogP contribution in [0.2, 0.25) is 0 Å². The maximum Gasteiger partial charge on any atom is 0.0593 e. The minimum Gasteiger partial charge on any atom is -0.396 e. The van der Waals surface area contributed by atoms with Crippen LogP contribution in [0.5, 0.6) is 0 Å². The number of hydrogen-bond donors (Lipinski definition) is 1. The molecule has 0 amide bonds. The normalized spacial score (nSPS) is 23.9. The second-order valence-corrected chi connectivity index (χ2v) is 8.14. The van der Waals surface area contributed by atoms with Crippen molar-refractivity contribution in [2.75, 3.05) is 66.1 Å². The molecule has 0 aliphatic carbocycles. The molecular weight excluding hydrogens is 326 g/mol. The highest BCUT2D eigenvalue weighted by Gasteiger charge is 2.20. The minimum atomic E-state index is 0.206. The molecule has 5 heteroatoms. The minimum absolute atomic E-state index is 0.206. The zero-order chi connectivity index (χ0) is 18.5. The number of hydrogen-bond acceptors (Lipinski definition) is 5. The Morgan fingerprint density at radius 3 is 2.27 bits per heavy atom. The monoisotopic (exact) mass is 361 g/mol. The zero-order valence-corrected chi connectivity index (χ0v) is 16.7. The average molecular weight is 362 g/mol. The predicted octanol–water partition coefficient (Wildman–Crippen LogP) is 1.49. The van der Waals surface area contributed by atoms with E-state index < -0.39 is 0 Å². The van der Waals surface area contributed by atoms with Gasteiger partial charge in [0.15, 0.2) is 0 Å². The standard InChI is InChI=1S/C21H35N3O2/c1-17-10-18(2)21(14-24-8-9-26-16-19(12-24)15-25)11-20(17)13-23-6-4-22(3)5-7-23/h10-11,19,25H,4-9,12-16H2,1-3H3. The van der Waals surface area contributed by atoms with Crippen molar-refractivity contribution in [2.45, 2.75) is 26.9 Å². The Bertz CT molecular complexity index is 585. The lowest BCUT2D eigenvalue weighted by Gasteiger charge is -2.33. The predicted molar refractivity (Wildman–Crippen MR) is 105 cm³/mol. The molecule has 2 heterocycles. The van der Waals surface area contributed by atoms with Gasteiger partial charge in [-0.1, -0.05) is 12.1 Å². The SMILES string of the molecule is Cc1cc(C)c(CN2CCOCC(CO)C2)cc1CN1CCN(C)CC1. The van der Waals surface area contributed by atoms with Gasteiger partial charge < -0.3 is 14.7 Å². The van der Waals surface area contributed by atoms with E-state index >= 15 is 0 Å². The van der Waals surface area contributed by atoms with E-state index in [0.717, 1.165) is 59.0 Å². The first-order chi connectivity index (χ1) is 12.5. The number of benzene rings is 1. The number of ether oxygens (including phenoxy) is 1. The summed E-state index contributed by atoms with van der Waals surface area (Å²) in [4.78, 5) is 7.41. The lowest BCUT2D eigenvalue weighted by Crippen LogP contribution is -2.44. The summed E-state index contributed by atoms with van der Waals surface area (Å²) in [6, 6.07) is 4.77. The zero-order valence-electron chi connectivity index (χ0n) is 16.7. The molecule has 1 N–H and O–H groups in total. The summed E-state index contributed by atoms with van der Waals surface area (Å²) in [5.41, 5.74) is 5.64. The first-order valence-electron chi connectivity index (χ1n) is 9.96. The number of rotatable bonds is 5. The Kier molecular flexibility index (Phi) is 7.06. The van der Waals surface area contributed by atoms with Crippen LogP contribution in [0.1, 0.15) is 22.3 Å². The molecule has 1 aromatic rings. The molecular formula is C21H35N3O2. The van der Waals surface area contributed by atoms with Crippen LogP contribution < -0.4 is 0 Å². The summed E-state index contributed by atoms with van der Waals surface area (Å²) >= 11 is 0. The molecule has 2 fully saturated rings. The third kappa shape index (κ3) is 5.27. The van der Waals surface area contributed by atoms with E-state index in [0.29, 0.717) is 6.61 Å². The summed E-state index contributed by atoms with van der Waals surface area (Å²) in [5, 5.41) is 9.52. The molecule has 0 bridgehead atoms. The fraction of sp³-hybridized carbons (Fsp3) is 0.714. The van der Waals surface area contributed by atoms with Gasteiger partial charge in [0.25, 0.3) is 0 Å². The maximum absolute atomic E-state index is 9.52. The van der Waals surface area contributed by atoms with Gasteiger partial charge in [-0.25, -0.2) is 0 Å². The lowest BCUT2D eigenvalue weighted by atomic mass is 9.98. The fourth-order valence-corrected chi connectivity index (χ4v) is 3.98. The Morgan fingerprint density at radius 2 is 1.62 bits per heavy atom. The summed E-state index contributed by atoms with van der Waals surface area (Å²) in [6.45, 7) is 14.6. The Labute approximate surface area is 158 Å². The van der Waals surface area contributed by atoms with Crippen molar-refractivity contribution in [3.8, 4) is 0 Å². The number of aliphatic hydroxyl groups is 1. The molecule has 5 nitrogen and oxygen atoms in total. The van der Waals surface area contributed by atoms with Gasteiger partial charge in [0.05, 0.1) is 13.2 Å². The van der Waals surface area contributed by atoms with E-state index in [1.807, 2.05) is 0 Å². The highest BCUT2D eigenvalue weighted by atomic mass is 16.5. The van der Waals surface area contributed by atoms with Gasteiger partial charge in [0.2, 0.25) is 0 Å². The summed E-state index contributed by atoms with van der Waals surface area (Å²) in [6.07, 6.45) is 0. The fourth-order valence-electron chi connectivity index (χ4n) is 3.98. The Hall–Kier alpha value is -0.980. The number of aliphatic hydroxyl groups excluding tert-OH is 1. The highest BCUT2D eigenvalue weighted by molar-refractivity contribution is 5.37. The third-order valence-corrected chi connectivity index (χ3v) is 5.86. The number of piperazine rings is 1. The lowest BCUT2D eigenvalue weighted by molar-refractivity contribution is 0.0958. The molecule has 0 saturated carbocycles. The number of aryl methyl sites for hydroxylation is 2. The van der Waals surface area contributed by atoms with E-state index in [2.05, 4.69) is 47.7 Å². The second-order valence-electron chi connectivity index (χ2n) is 8.14. The van der Waals surface area contributed by atoms with Crippen LogP contribution in [0.25, 0.3) is 0 Å². The molecule has 3 rings (SSSR count). The van der Waals surface area contributed by atoms with Crippen molar-refractivity contribution >= 4 is 0 Å². The van der Waals surface area contributed by atoms with E-state index in [-0.39, 0.29) is 12.5 Å². The smallest absolute Gasteiger partial charge is 0.0593 e. The average Bonchev–Trinajstić information content (AvgIpc) is 2.86. The van der Waals surface area contributed by atoms with Crippen LogP contribution >= 0.6 is 0 Å². The molecule has 2 aliphatic heterocycles. The van der Waals surface area contributed by atoms with E-state index in [1.165, 1.54) is 22.3 Å². The third-order valence-electron chi connectivity index (χ3n) is 5.86. The van der Waals surface area contributed by atoms with Crippen LogP contribution in [0, 0.1) is 19.8 Å². The second kappa shape index (κ2) is 9.29. The molecule has 2 saturated heterocycles. The van der Waals surface area contributed by atoms with Crippen molar-refractivity contribution in [3.05, 3.63) is 34.4 Å². The van der Waals surface area contributed by atoms with Crippen LogP contribution in [0.15, 0.2) is 12.1 Å². The summed E-state index contributed by atoms with van der Waals surface area (Å²) in [5.74, 6) is 0.230. The highest BCUT2D eigenvalue weighted by Crippen LogP contribution is 2.21. The molecule has 0 spiro atoms. The molecule has 146 valence electrons. The van der Waals surface area contributed by atoms with E-state index in [1.54, 1.807) is 0 Å². The van der Waals surface area contributed by atoms with E-state index in [9.17, 15) is 5.11 Å². The summed E-state index contributed by atoms with van der Waals surface area (Å²) in [7, 11) is 2.21. The quantitative estimate of drug-likeness (QED) is 0.860. The Balaban J connectivity index is 1.68. The van der Waals surface area contributed by atoms with Gasteiger partial charge in [-0.3, -0.25) is 9.80 Å². The molecule has 0 radical (unpaired) electrons. The maximum atomic E-state index is 9.52. The molecule has 2 aliphatic rings. The van der Waals surface area contributed by atoms with Crippen LogP contribution in [0.4, 0.5) is 0 Å². The van der Waals surface area contributed by atoms with Crippen LogP contribution in [0.3, 0.4) is 0 Å². The molecule has 1 atom stereocenters. The first-order valence-corrected chi connectivity index (χ1v) is 9.96. The molecule has 1 aromatic carbocycles. The van der Waals surface area contributed by atoms with Gasteiger partial charge in [-0.05, 0) is 43.1 Å². The summed E-state index contributed by atoms with van der Waals surface area (Å²) < 4.78 is 5.64. The van der Waals surface area contributed by atoms with Gasteiger partial charge >= 0.3 is 0 Å². The van der Waals surface area contributed by atoms with Crippen molar-refractivity contribution < 1.29 is 9.84 Å². The van der Waals surface area contributed by atoms with Crippen molar-refractivity contribution in [1.29, 1.82) is 0 Å². The van der Waals surface area contributed by atoms with Crippen LogP contribution in [-0.2, 0) is 17.8 Å². The van der Waals surface area contributed by atoms with Crippen LogP contribution in [-0.4, -0.2) is 85.9 Å². The first kappa shape index (κ1) is 19.8. The van der Waals surface area contributed by atoms with E-state index in [4.69, 9.17) is 4.74 Å². The van der Waals surface area contributed by atoms with Crippen molar-refractivity contribution in [3.63, 3.8) is 0 Å². The molecule has 0 aromatic heterocycles. The van der Waals surface area contributed by atoms with Crippen molar-refractivity contribution in [1.82, 2.24) is 14.7 Å². The van der Waals surface area contributed by atoms with Gasteiger partial charge in [-0.15, -0.1) is 0 Å². The van der Waals surface area contributed by atoms with Gasteiger partial charge in [0, 0.05) is 64.9 Å². The number of nitrogens with zero attached hydrogens (tertiary/aromatic N) is 3. The van der Waals surface area contributed by atoms with Gasteiger partial charge in [0.1, 0.15) is 0 Å². The Morgan fingerprint density at radius 1 is 0.962 bits per heavy atom. The molecule has 1 unspecified atom stereocenters. The largest absolute Gasteiger partial charge is 0.396 e. The number of likely N-dealkylation sites (N-methyl/N-ethyl adjacent to an activating group) is 1. The van der Waals surface area contributed by atoms with Crippen molar-refractivity contribution in [2.24, 2.45) is 5.92 Å².